The zero-order chi connectivity index (χ0) is 29.4. The third-order valence-electron chi connectivity index (χ3n) is 6.03. The molecule has 10 nitrogen and oxygen atoms in total. The summed E-state index contributed by atoms with van der Waals surface area (Å²) in [4.78, 5) is 38.4. The minimum atomic E-state index is -4.29. The van der Waals surface area contributed by atoms with Crippen molar-refractivity contribution in [2.24, 2.45) is 0 Å². The lowest BCUT2D eigenvalue weighted by Crippen LogP contribution is -2.51. The molecule has 0 aliphatic heterocycles. The molecule has 0 saturated heterocycles. The highest BCUT2D eigenvalue weighted by Crippen LogP contribution is 2.27. The van der Waals surface area contributed by atoms with E-state index in [1.807, 2.05) is 6.92 Å². The van der Waals surface area contributed by atoms with E-state index in [0.717, 1.165) is 16.4 Å². The normalized spacial score (nSPS) is 11.9. The number of carbonyl (C=O) groups is 2. The monoisotopic (exact) mass is 606 g/mol. The van der Waals surface area contributed by atoms with Gasteiger partial charge in [-0.05, 0) is 55.3 Å². The largest absolute Gasteiger partial charge is 0.354 e. The number of nitrogens with zero attached hydrogens (tertiary/aromatic N) is 3. The molecule has 3 rings (SSSR count). The van der Waals surface area contributed by atoms with Gasteiger partial charge in [-0.15, -0.1) is 0 Å². The predicted octanol–water partition coefficient (Wildman–Crippen LogP) is 5.04. The average Bonchev–Trinajstić information content (AvgIpc) is 2.94. The number of nitro benzene ring substituents is 1. The fourth-order valence-electron chi connectivity index (χ4n) is 3.80. The van der Waals surface area contributed by atoms with E-state index in [2.05, 4.69) is 5.32 Å². The van der Waals surface area contributed by atoms with Crippen LogP contribution >= 0.6 is 23.2 Å². The second-order valence-electron chi connectivity index (χ2n) is 8.82. The van der Waals surface area contributed by atoms with Crippen LogP contribution in [0.5, 0.6) is 0 Å². The zero-order valence-corrected chi connectivity index (χ0v) is 24.1. The standard InChI is InChI=1S/C27H28Cl2N4O6S/c1-3-15-30-27(35)19(2)31(17-20-9-10-21(28)16-25(20)29)26(34)18-32(22-11-13-23(14-12-22)33(36)37)40(38,39)24-7-5-4-6-8-24/h4-14,16,19H,3,15,17-18H2,1-2H3,(H,30,35). The van der Waals surface area contributed by atoms with Crippen molar-refractivity contribution in [3.8, 4) is 0 Å². The molecule has 40 heavy (non-hydrogen) atoms. The number of carbonyl (C=O) groups excluding carboxylic acids is 2. The summed E-state index contributed by atoms with van der Waals surface area (Å²) < 4.78 is 28.3. The first-order valence-electron chi connectivity index (χ1n) is 12.3. The van der Waals surface area contributed by atoms with Gasteiger partial charge in [0.25, 0.3) is 15.7 Å². The highest BCUT2D eigenvalue weighted by atomic mass is 35.5. The molecule has 0 heterocycles. The van der Waals surface area contributed by atoms with Gasteiger partial charge in [0.2, 0.25) is 11.8 Å². The first-order valence-corrected chi connectivity index (χ1v) is 14.5. The van der Waals surface area contributed by atoms with Crippen molar-refractivity contribution in [3.05, 3.63) is 98.5 Å². The van der Waals surface area contributed by atoms with Crippen molar-refractivity contribution < 1.29 is 22.9 Å². The van der Waals surface area contributed by atoms with Gasteiger partial charge in [-0.1, -0.05) is 54.4 Å². The lowest BCUT2D eigenvalue weighted by molar-refractivity contribution is -0.384. The van der Waals surface area contributed by atoms with Crippen molar-refractivity contribution in [1.29, 1.82) is 0 Å². The van der Waals surface area contributed by atoms with Crippen LogP contribution < -0.4 is 9.62 Å². The molecule has 3 aromatic carbocycles. The van der Waals surface area contributed by atoms with Crippen LogP contribution in [0.1, 0.15) is 25.8 Å². The molecule has 0 radical (unpaired) electrons. The molecule has 212 valence electrons. The number of amides is 2. The summed E-state index contributed by atoms with van der Waals surface area (Å²) in [6.07, 6.45) is 0.679. The van der Waals surface area contributed by atoms with E-state index in [9.17, 15) is 28.1 Å². The van der Waals surface area contributed by atoms with Gasteiger partial charge in [0.05, 0.1) is 15.5 Å². The van der Waals surface area contributed by atoms with Gasteiger partial charge in [-0.2, -0.15) is 0 Å². The van der Waals surface area contributed by atoms with E-state index in [1.165, 1.54) is 54.3 Å². The Labute approximate surface area is 242 Å². The van der Waals surface area contributed by atoms with Gasteiger partial charge < -0.3 is 10.2 Å². The van der Waals surface area contributed by atoms with Crippen LogP contribution in [0.2, 0.25) is 10.0 Å². The first kappa shape index (κ1) is 30.9. The predicted molar refractivity (Wildman–Crippen MR) is 154 cm³/mol. The lowest BCUT2D eigenvalue weighted by Gasteiger charge is -2.32. The maximum atomic E-state index is 13.8. The molecule has 0 spiro atoms. The Balaban J connectivity index is 2.04. The smallest absolute Gasteiger partial charge is 0.269 e. The number of sulfonamides is 1. The Morgan fingerprint density at radius 2 is 1.68 bits per heavy atom. The molecule has 3 aromatic rings. The van der Waals surface area contributed by atoms with Crippen LogP contribution in [-0.4, -0.2) is 49.2 Å². The molecule has 0 aliphatic rings. The molecule has 0 fully saturated rings. The number of hydrogen-bond donors (Lipinski definition) is 1. The summed E-state index contributed by atoms with van der Waals surface area (Å²) in [5.41, 5.74) is 0.296. The average molecular weight is 608 g/mol. The number of halogens is 2. The Hall–Kier alpha value is -3.67. The maximum Gasteiger partial charge on any atom is 0.269 e. The van der Waals surface area contributed by atoms with Crippen LogP contribution in [0.15, 0.2) is 77.7 Å². The number of nitro groups is 1. The van der Waals surface area contributed by atoms with Gasteiger partial charge >= 0.3 is 0 Å². The summed E-state index contributed by atoms with van der Waals surface area (Å²) in [5.74, 6) is -1.11. The molecule has 0 bridgehead atoms. The number of hydrogen-bond acceptors (Lipinski definition) is 6. The molecular formula is C27H28Cl2N4O6S. The summed E-state index contributed by atoms with van der Waals surface area (Å²) in [6, 6.07) is 16.0. The summed E-state index contributed by atoms with van der Waals surface area (Å²) in [5, 5.41) is 14.6. The van der Waals surface area contributed by atoms with E-state index in [0.29, 0.717) is 23.6 Å². The quantitative estimate of drug-likeness (QED) is 0.227. The SMILES string of the molecule is CCCNC(=O)C(C)N(Cc1ccc(Cl)cc1Cl)C(=O)CN(c1ccc([N+](=O)[O-])cc1)S(=O)(=O)c1ccccc1. The van der Waals surface area contributed by atoms with Crippen LogP contribution in [-0.2, 0) is 26.2 Å². The number of non-ortho nitro benzene ring substituents is 1. The topological polar surface area (TPSA) is 130 Å². The van der Waals surface area contributed by atoms with Crippen molar-refractivity contribution in [1.82, 2.24) is 10.2 Å². The number of nitrogens with one attached hydrogen (secondary N) is 1. The first-order chi connectivity index (χ1) is 18.9. The fourth-order valence-corrected chi connectivity index (χ4v) is 5.70. The van der Waals surface area contributed by atoms with Gasteiger partial charge in [-0.3, -0.25) is 24.0 Å². The molecule has 13 heteroatoms. The second kappa shape index (κ2) is 13.6. The Morgan fingerprint density at radius 1 is 1.02 bits per heavy atom. The molecule has 2 amide bonds. The number of rotatable bonds is 12. The molecule has 0 saturated carbocycles. The van der Waals surface area contributed by atoms with E-state index < -0.39 is 39.3 Å². The van der Waals surface area contributed by atoms with Gasteiger partial charge in [0.15, 0.2) is 0 Å². The highest BCUT2D eigenvalue weighted by molar-refractivity contribution is 7.92. The Bertz CT molecular complexity index is 1470. The second-order valence-corrected chi connectivity index (χ2v) is 11.5. The summed E-state index contributed by atoms with van der Waals surface area (Å²) >= 11 is 12.4. The van der Waals surface area contributed by atoms with Crippen molar-refractivity contribution in [2.75, 3.05) is 17.4 Å². The minimum absolute atomic E-state index is 0.0374. The minimum Gasteiger partial charge on any atom is -0.354 e. The summed E-state index contributed by atoms with van der Waals surface area (Å²) in [7, 11) is -4.29. The molecule has 1 N–H and O–H groups in total. The Morgan fingerprint density at radius 3 is 2.25 bits per heavy atom. The van der Waals surface area contributed by atoms with Gasteiger partial charge in [0.1, 0.15) is 12.6 Å². The number of benzene rings is 3. The van der Waals surface area contributed by atoms with E-state index in [1.54, 1.807) is 18.2 Å². The molecule has 0 aliphatic carbocycles. The Kier molecular flexibility index (Phi) is 10.5. The third-order valence-corrected chi connectivity index (χ3v) is 8.41. The summed E-state index contributed by atoms with van der Waals surface area (Å²) in [6.45, 7) is 3.03. The van der Waals surface area contributed by atoms with Gasteiger partial charge in [0, 0.05) is 35.3 Å². The number of anilines is 1. The van der Waals surface area contributed by atoms with Crippen LogP contribution in [0.4, 0.5) is 11.4 Å². The van der Waals surface area contributed by atoms with Crippen LogP contribution in [0.25, 0.3) is 0 Å². The highest BCUT2D eigenvalue weighted by Gasteiger charge is 2.33. The maximum absolute atomic E-state index is 13.8. The molecule has 0 aromatic heterocycles. The molecule has 1 atom stereocenters. The van der Waals surface area contributed by atoms with Crippen LogP contribution in [0, 0.1) is 10.1 Å². The van der Waals surface area contributed by atoms with Crippen molar-refractivity contribution in [2.45, 2.75) is 37.8 Å². The fraction of sp³-hybridized carbons (Fsp3) is 0.259. The molecule has 1 unspecified atom stereocenters. The van der Waals surface area contributed by atoms with Crippen molar-refractivity contribution in [3.63, 3.8) is 0 Å². The van der Waals surface area contributed by atoms with Gasteiger partial charge in [-0.25, -0.2) is 8.42 Å². The van der Waals surface area contributed by atoms with Crippen molar-refractivity contribution >= 4 is 56.4 Å². The van der Waals surface area contributed by atoms with E-state index in [-0.39, 0.29) is 27.8 Å². The van der Waals surface area contributed by atoms with E-state index >= 15 is 0 Å². The third kappa shape index (κ3) is 7.50. The zero-order valence-electron chi connectivity index (χ0n) is 21.8. The molecular weight excluding hydrogens is 579 g/mol. The van der Waals surface area contributed by atoms with Crippen LogP contribution in [0.3, 0.4) is 0 Å². The lowest BCUT2D eigenvalue weighted by atomic mass is 10.1. The van der Waals surface area contributed by atoms with E-state index in [4.69, 9.17) is 23.2 Å².